The first-order chi connectivity index (χ1) is 9.81. The van der Waals surface area contributed by atoms with Crippen LogP contribution < -0.4 is 5.32 Å². The normalized spacial score (nSPS) is 14.0. The quantitative estimate of drug-likeness (QED) is 0.877. The van der Waals surface area contributed by atoms with Crippen molar-refractivity contribution in [3.63, 3.8) is 0 Å². The van der Waals surface area contributed by atoms with Crippen molar-refractivity contribution in [3.05, 3.63) is 21.9 Å². The monoisotopic (exact) mass is 292 g/mol. The van der Waals surface area contributed by atoms with Gasteiger partial charge >= 0.3 is 0 Å². The van der Waals surface area contributed by atoms with Crippen LogP contribution in [0.25, 0.3) is 0 Å². The molecule has 0 unspecified atom stereocenters. The van der Waals surface area contributed by atoms with Crippen molar-refractivity contribution in [1.29, 1.82) is 0 Å². The molecule has 7 nitrogen and oxygen atoms in total. The summed E-state index contributed by atoms with van der Waals surface area (Å²) in [7, 11) is 0. The molecule has 0 radical (unpaired) electrons. The molecule has 1 N–H and O–H groups in total. The van der Waals surface area contributed by atoms with Crippen LogP contribution in [0.2, 0.25) is 0 Å². The molecule has 0 fully saturated rings. The van der Waals surface area contributed by atoms with Crippen molar-refractivity contribution in [2.24, 2.45) is 0 Å². The molecular formula is C12H16N6OS. The zero-order valence-electron chi connectivity index (χ0n) is 11.1. The molecule has 0 saturated carbocycles. The summed E-state index contributed by atoms with van der Waals surface area (Å²) in [6, 6.07) is 0. The number of rotatable bonds is 5. The number of fused-ring (bicyclic) bond motifs is 1. The van der Waals surface area contributed by atoms with Gasteiger partial charge < -0.3 is 5.32 Å². The van der Waals surface area contributed by atoms with Crippen LogP contribution in [0.15, 0.2) is 6.33 Å². The number of nitrogens with zero attached hydrogens (tertiary/aromatic N) is 5. The Bertz CT molecular complexity index is 555. The summed E-state index contributed by atoms with van der Waals surface area (Å²) in [6.45, 7) is 1.01. The molecule has 0 aliphatic heterocycles. The fourth-order valence-electron chi connectivity index (χ4n) is 2.24. The van der Waals surface area contributed by atoms with Gasteiger partial charge in [-0.25, -0.2) is 9.67 Å². The number of aryl methyl sites for hydroxylation is 3. The molecule has 1 aliphatic carbocycles. The van der Waals surface area contributed by atoms with E-state index in [1.807, 2.05) is 0 Å². The summed E-state index contributed by atoms with van der Waals surface area (Å²) in [5.41, 5.74) is 1.24. The lowest BCUT2D eigenvalue weighted by molar-refractivity contribution is -0.121. The highest BCUT2D eigenvalue weighted by molar-refractivity contribution is 7.11. The number of tetrazole rings is 1. The van der Waals surface area contributed by atoms with Crippen molar-refractivity contribution in [1.82, 2.24) is 30.5 Å². The minimum absolute atomic E-state index is 0.00586. The average Bonchev–Trinajstić information content (AvgIpc) is 3.11. The maximum Gasteiger partial charge on any atom is 0.222 e. The summed E-state index contributed by atoms with van der Waals surface area (Å²) >= 11 is 1.73. The van der Waals surface area contributed by atoms with Gasteiger partial charge in [0.2, 0.25) is 5.91 Å². The first-order valence-corrected chi connectivity index (χ1v) is 7.58. The second-order valence-electron chi connectivity index (χ2n) is 4.78. The standard InChI is InChI=1S/C12H16N6OS/c19-11(5-6-18-8-14-16-17-18)13-7-12-15-9-3-1-2-4-10(9)20-12/h8H,1-7H2,(H,13,19). The van der Waals surface area contributed by atoms with Crippen molar-refractivity contribution in [2.75, 3.05) is 0 Å². The van der Waals surface area contributed by atoms with E-state index in [-0.39, 0.29) is 5.91 Å². The van der Waals surface area contributed by atoms with Crippen LogP contribution in [0, 0.1) is 0 Å². The third kappa shape index (κ3) is 3.19. The minimum Gasteiger partial charge on any atom is -0.350 e. The van der Waals surface area contributed by atoms with E-state index in [4.69, 9.17) is 0 Å². The van der Waals surface area contributed by atoms with Gasteiger partial charge in [-0.1, -0.05) is 0 Å². The molecular weight excluding hydrogens is 276 g/mol. The number of hydrogen-bond donors (Lipinski definition) is 1. The van der Waals surface area contributed by atoms with Gasteiger partial charge in [0.1, 0.15) is 11.3 Å². The fraction of sp³-hybridized carbons (Fsp3) is 0.583. The summed E-state index contributed by atoms with van der Waals surface area (Å²) in [4.78, 5) is 17.7. The minimum atomic E-state index is -0.00586. The second-order valence-corrected chi connectivity index (χ2v) is 5.95. The predicted molar refractivity (Wildman–Crippen MR) is 73.0 cm³/mol. The van der Waals surface area contributed by atoms with Gasteiger partial charge in [0, 0.05) is 11.3 Å². The molecule has 20 heavy (non-hydrogen) atoms. The second kappa shape index (κ2) is 6.08. The van der Waals surface area contributed by atoms with Gasteiger partial charge in [0.15, 0.2) is 0 Å². The molecule has 3 rings (SSSR count). The SMILES string of the molecule is O=C(CCn1cnnn1)NCc1nc2c(s1)CCCC2. The third-order valence-corrected chi connectivity index (χ3v) is 4.44. The number of amides is 1. The summed E-state index contributed by atoms with van der Waals surface area (Å²) in [5, 5.41) is 14.7. The molecule has 0 spiro atoms. The summed E-state index contributed by atoms with van der Waals surface area (Å²) in [6.07, 6.45) is 6.58. The number of hydrogen-bond acceptors (Lipinski definition) is 6. The van der Waals surface area contributed by atoms with Crippen molar-refractivity contribution in [3.8, 4) is 0 Å². The van der Waals surface area contributed by atoms with E-state index in [1.54, 1.807) is 16.0 Å². The maximum atomic E-state index is 11.7. The Labute approximate surface area is 120 Å². The topological polar surface area (TPSA) is 85.6 Å². The molecule has 2 aromatic rings. The lowest BCUT2D eigenvalue weighted by atomic mass is 10.0. The zero-order chi connectivity index (χ0) is 13.8. The van der Waals surface area contributed by atoms with E-state index >= 15 is 0 Å². The molecule has 2 heterocycles. The largest absolute Gasteiger partial charge is 0.350 e. The van der Waals surface area contributed by atoms with E-state index in [1.165, 1.54) is 29.7 Å². The lowest BCUT2D eigenvalue weighted by Gasteiger charge is -2.06. The first-order valence-electron chi connectivity index (χ1n) is 6.76. The number of thiazole rings is 1. The van der Waals surface area contributed by atoms with E-state index < -0.39 is 0 Å². The molecule has 2 aromatic heterocycles. The molecule has 8 heteroatoms. The highest BCUT2D eigenvalue weighted by Crippen LogP contribution is 2.26. The maximum absolute atomic E-state index is 11.7. The molecule has 0 aromatic carbocycles. The van der Waals surface area contributed by atoms with Gasteiger partial charge in [-0.3, -0.25) is 4.79 Å². The van der Waals surface area contributed by atoms with Crippen LogP contribution in [-0.4, -0.2) is 31.1 Å². The van der Waals surface area contributed by atoms with E-state index in [9.17, 15) is 4.79 Å². The van der Waals surface area contributed by atoms with Gasteiger partial charge in [-0.05, 0) is 36.1 Å². The molecule has 1 aliphatic rings. The molecule has 1 amide bonds. The average molecular weight is 292 g/mol. The zero-order valence-corrected chi connectivity index (χ0v) is 11.9. The molecule has 106 valence electrons. The summed E-state index contributed by atoms with van der Waals surface area (Å²) in [5.74, 6) is -0.00586. The Morgan fingerprint density at radius 3 is 3.10 bits per heavy atom. The van der Waals surface area contributed by atoms with E-state index in [0.717, 1.165) is 17.8 Å². The number of nitrogens with one attached hydrogen (secondary N) is 1. The van der Waals surface area contributed by atoms with Crippen LogP contribution >= 0.6 is 11.3 Å². The van der Waals surface area contributed by atoms with Gasteiger partial charge in [-0.15, -0.1) is 16.4 Å². The number of aromatic nitrogens is 5. The van der Waals surface area contributed by atoms with E-state index in [2.05, 4.69) is 25.8 Å². The Morgan fingerprint density at radius 1 is 1.40 bits per heavy atom. The van der Waals surface area contributed by atoms with Crippen molar-refractivity contribution < 1.29 is 4.79 Å². The highest BCUT2D eigenvalue weighted by atomic mass is 32.1. The van der Waals surface area contributed by atoms with Crippen LogP contribution in [0.1, 0.15) is 34.8 Å². The lowest BCUT2D eigenvalue weighted by Crippen LogP contribution is -2.24. The van der Waals surface area contributed by atoms with Gasteiger partial charge in [0.05, 0.1) is 18.8 Å². The van der Waals surface area contributed by atoms with Crippen LogP contribution in [-0.2, 0) is 30.7 Å². The Hall–Kier alpha value is -1.83. The fourth-order valence-corrected chi connectivity index (χ4v) is 3.34. The smallest absolute Gasteiger partial charge is 0.222 e. The Balaban J connectivity index is 1.46. The highest BCUT2D eigenvalue weighted by Gasteiger charge is 2.15. The predicted octanol–water partition coefficient (Wildman–Crippen LogP) is 0.715. The molecule has 0 atom stereocenters. The molecule has 0 saturated heterocycles. The van der Waals surface area contributed by atoms with E-state index in [0.29, 0.717) is 19.5 Å². The van der Waals surface area contributed by atoms with Crippen LogP contribution in [0.3, 0.4) is 0 Å². The first kappa shape index (κ1) is 13.2. The van der Waals surface area contributed by atoms with Crippen molar-refractivity contribution >= 4 is 17.2 Å². The number of carbonyl (C=O) groups is 1. The Morgan fingerprint density at radius 2 is 2.30 bits per heavy atom. The summed E-state index contributed by atoms with van der Waals surface area (Å²) < 4.78 is 1.54. The third-order valence-electron chi connectivity index (χ3n) is 3.29. The molecule has 0 bridgehead atoms. The van der Waals surface area contributed by atoms with Crippen LogP contribution in [0.5, 0.6) is 0 Å². The Kier molecular flexibility index (Phi) is 4.00. The van der Waals surface area contributed by atoms with Gasteiger partial charge in [0.25, 0.3) is 0 Å². The van der Waals surface area contributed by atoms with Crippen molar-refractivity contribution in [2.45, 2.75) is 45.2 Å². The van der Waals surface area contributed by atoms with Crippen LogP contribution in [0.4, 0.5) is 0 Å². The number of carbonyl (C=O) groups excluding carboxylic acids is 1. The van der Waals surface area contributed by atoms with Gasteiger partial charge in [-0.2, -0.15) is 0 Å².